The lowest BCUT2D eigenvalue weighted by molar-refractivity contribution is -0.137. The van der Waals surface area contributed by atoms with E-state index in [-0.39, 0.29) is 5.92 Å². The lowest BCUT2D eigenvalue weighted by Crippen LogP contribution is -2.09. The van der Waals surface area contributed by atoms with Crippen molar-refractivity contribution in [3.63, 3.8) is 0 Å². The highest BCUT2D eigenvalue weighted by Crippen LogP contribution is 2.29. The summed E-state index contributed by atoms with van der Waals surface area (Å²) in [5, 5.41) is 4.16. The molecule has 7 heteroatoms. The molecule has 20 heavy (non-hydrogen) atoms. The van der Waals surface area contributed by atoms with Crippen LogP contribution in [-0.2, 0) is 12.1 Å². The Morgan fingerprint density at radius 2 is 1.95 bits per heavy atom. The van der Waals surface area contributed by atoms with Gasteiger partial charge in [-0.15, -0.1) is 11.6 Å². The van der Waals surface area contributed by atoms with E-state index in [4.69, 9.17) is 11.6 Å². The predicted octanol–water partition coefficient (Wildman–Crippen LogP) is 4.15. The molecule has 0 spiro atoms. The molecule has 2 heterocycles. The summed E-state index contributed by atoms with van der Waals surface area (Å²) in [6.45, 7) is 3.93. The SMILES string of the molecule is CC(C)c1c(CCl)cnn1-c1ccc(C(F)(F)F)cn1. The predicted molar refractivity (Wildman–Crippen MR) is 70.0 cm³/mol. The molecule has 0 saturated heterocycles. The average Bonchev–Trinajstić information content (AvgIpc) is 2.81. The first-order chi connectivity index (χ1) is 9.34. The molecule has 108 valence electrons. The monoisotopic (exact) mass is 303 g/mol. The Balaban J connectivity index is 2.45. The summed E-state index contributed by atoms with van der Waals surface area (Å²) in [6.07, 6.45) is -1.97. The van der Waals surface area contributed by atoms with Crippen molar-refractivity contribution in [3.8, 4) is 5.82 Å². The minimum atomic E-state index is -4.39. The summed E-state index contributed by atoms with van der Waals surface area (Å²) >= 11 is 5.84. The average molecular weight is 304 g/mol. The molecule has 2 rings (SSSR count). The van der Waals surface area contributed by atoms with Gasteiger partial charge in [0.2, 0.25) is 0 Å². The fourth-order valence-electron chi connectivity index (χ4n) is 1.97. The molecule has 3 nitrogen and oxygen atoms in total. The van der Waals surface area contributed by atoms with Crippen LogP contribution in [0.4, 0.5) is 13.2 Å². The highest BCUT2D eigenvalue weighted by molar-refractivity contribution is 6.17. The summed E-state index contributed by atoms with van der Waals surface area (Å²) in [6, 6.07) is 2.30. The smallest absolute Gasteiger partial charge is 0.236 e. The van der Waals surface area contributed by atoms with Gasteiger partial charge in [0.1, 0.15) is 0 Å². The van der Waals surface area contributed by atoms with Crippen LogP contribution >= 0.6 is 11.6 Å². The second-order valence-corrected chi connectivity index (χ2v) is 4.93. The van der Waals surface area contributed by atoms with E-state index in [1.165, 1.54) is 10.7 Å². The van der Waals surface area contributed by atoms with E-state index in [2.05, 4.69) is 10.1 Å². The van der Waals surface area contributed by atoms with Crippen molar-refractivity contribution in [2.45, 2.75) is 31.8 Å². The first-order valence-electron chi connectivity index (χ1n) is 6.01. The molecule has 0 saturated carbocycles. The molecule has 0 bridgehead atoms. The Bertz CT molecular complexity index is 588. The third-order valence-corrected chi connectivity index (χ3v) is 3.16. The quantitative estimate of drug-likeness (QED) is 0.798. The Hall–Kier alpha value is -1.56. The van der Waals surface area contributed by atoms with Gasteiger partial charge in [-0.1, -0.05) is 13.8 Å². The Labute approximate surface area is 119 Å². The van der Waals surface area contributed by atoms with E-state index in [1.54, 1.807) is 6.20 Å². The zero-order valence-electron chi connectivity index (χ0n) is 10.9. The lowest BCUT2D eigenvalue weighted by Gasteiger charge is -2.12. The molecule has 0 amide bonds. The Kier molecular flexibility index (Phi) is 4.04. The topological polar surface area (TPSA) is 30.7 Å². The Morgan fingerprint density at radius 3 is 2.40 bits per heavy atom. The van der Waals surface area contributed by atoms with Crippen LogP contribution in [0, 0.1) is 0 Å². The van der Waals surface area contributed by atoms with Gasteiger partial charge in [-0.3, -0.25) is 0 Å². The summed E-state index contributed by atoms with van der Waals surface area (Å²) in [7, 11) is 0. The van der Waals surface area contributed by atoms with Gasteiger partial charge in [-0.25, -0.2) is 9.67 Å². The number of pyridine rings is 1. The fourth-order valence-corrected chi connectivity index (χ4v) is 2.18. The van der Waals surface area contributed by atoms with Crippen molar-refractivity contribution >= 4 is 11.6 Å². The van der Waals surface area contributed by atoms with Crippen LogP contribution in [0.5, 0.6) is 0 Å². The third-order valence-electron chi connectivity index (χ3n) is 2.87. The highest BCUT2D eigenvalue weighted by atomic mass is 35.5. The summed E-state index contributed by atoms with van der Waals surface area (Å²) in [5.41, 5.74) is 0.924. The molecule has 0 aliphatic heterocycles. The molecule has 2 aromatic heterocycles. The van der Waals surface area contributed by atoms with Crippen LogP contribution in [0.3, 0.4) is 0 Å². The standard InChI is InChI=1S/C13H13ClF3N3/c1-8(2)12-9(5-14)6-19-20(12)11-4-3-10(7-18-11)13(15,16)17/h3-4,6-8H,5H2,1-2H3. The van der Waals surface area contributed by atoms with E-state index < -0.39 is 11.7 Å². The van der Waals surface area contributed by atoms with E-state index in [9.17, 15) is 13.2 Å². The molecule has 0 aromatic carbocycles. The van der Waals surface area contributed by atoms with Gasteiger partial charge >= 0.3 is 6.18 Å². The number of hydrogen-bond acceptors (Lipinski definition) is 2. The number of hydrogen-bond donors (Lipinski definition) is 0. The first-order valence-corrected chi connectivity index (χ1v) is 6.54. The van der Waals surface area contributed by atoms with E-state index >= 15 is 0 Å². The molecule has 0 N–H and O–H groups in total. The van der Waals surface area contributed by atoms with Crippen molar-refractivity contribution in [2.24, 2.45) is 0 Å². The van der Waals surface area contributed by atoms with Crippen molar-refractivity contribution in [3.05, 3.63) is 41.3 Å². The summed E-state index contributed by atoms with van der Waals surface area (Å²) in [4.78, 5) is 3.84. The van der Waals surface area contributed by atoms with Gasteiger partial charge in [0, 0.05) is 11.8 Å². The first kappa shape index (κ1) is 14.8. The van der Waals surface area contributed by atoms with Crippen LogP contribution < -0.4 is 0 Å². The van der Waals surface area contributed by atoms with Crippen LogP contribution in [0.25, 0.3) is 5.82 Å². The van der Waals surface area contributed by atoms with Crippen LogP contribution in [0.2, 0.25) is 0 Å². The zero-order valence-corrected chi connectivity index (χ0v) is 11.7. The van der Waals surface area contributed by atoms with Gasteiger partial charge in [0.05, 0.1) is 23.3 Å². The number of nitrogens with zero attached hydrogens (tertiary/aromatic N) is 3. The van der Waals surface area contributed by atoms with Crippen molar-refractivity contribution < 1.29 is 13.2 Å². The van der Waals surface area contributed by atoms with E-state index in [0.717, 1.165) is 23.5 Å². The maximum absolute atomic E-state index is 12.5. The number of rotatable bonds is 3. The van der Waals surface area contributed by atoms with Crippen LogP contribution in [0.15, 0.2) is 24.5 Å². The van der Waals surface area contributed by atoms with Gasteiger partial charge in [0.25, 0.3) is 0 Å². The van der Waals surface area contributed by atoms with Crippen molar-refractivity contribution in [2.75, 3.05) is 0 Å². The van der Waals surface area contributed by atoms with Crippen LogP contribution in [0.1, 0.15) is 36.6 Å². The molecule has 0 aliphatic carbocycles. The number of halogens is 4. The lowest BCUT2D eigenvalue weighted by atomic mass is 10.1. The second-order valence-electron chi connectivity index (χ2n) is 4.66. The molecular weight excluding hydrogens is 291 g/mol. The third kappa shape index (κ3) is 2.80. The normalized spacial score (nSPS) is 12.2. The van der Waals surface area contributed by atoms with E-state index in [0.29, 0.717) is 11.7 Å². The molecule has 2 aromatic rings. The number of alkyl halides is 4. The molecular formula is C13H13ClF3N3. The van der Waals surface area contributed by atoms with Gasteiger partial charge in [-0.05, 0) is 18.1 Å². The second kappa shape index (κ2) is 5.44. The molecule has 0 atom stereocenters. The largest absolute Gasteiger partial charge is 0.417 e. The summed E-state index contributed by atoms with van der Waals surface area (Å²) in [5.74, 6) is 0.780. The molecule has 0 fully saturated rings. The molecule has 0 radical (unpaired) electrons. The minimum Gasteiger partial charge on any atom is -0.236 e. The maximum Gasteiger partial charge on any atom is 0.417 e. The summed E-state index contributed by atoms with van der Waals surface area (Å²) < 4.78 is 39.1. The zero-order chi connectivity index (χ0) is 14.9. The minimum absolute atomic E-state index is 0.135. The van der Waals surface area contributed by atoms with Crippen molar-refractivity contribution in [1.82, 2.24) is 14.8 Å². The van der Waals surface area contributed by atoms with Crippen molar-refractivity contribution in [1.29, 1.82) is 0 Å². The van der Waals surface area contributed by atoms with Gasteiger partial charge in [-0.2, -0.15) is 18.3 Å². The van der Waals surface area contributed by atoms with Gasteiger partial charge in [0.15, 0.2) is 5.82 Å². The van der Waals surface area contributed by atoms with E-state index in [1.807, 2.05) is 13.8 Å². The molecule has 0 unspecified atom stereocenters. The van der Waals surface area contributed by atoms with Crippen LogP contribution in [-0.4, -0.2) is 14.8 Å². The Morgan fingerprint density at radius 1 is 1.25 bits per heavy atom. The number of aromatic nitrogens is 3. The maximum atomic E-state index is 12.5. The van der Waals surface area contributed by atoms with Gasteiger partial charge < -0.3 is 0 Å². The highest BCUT2D eigenvalue weighted by Gasteiger charge is 2.30. The fraction of sp³-hybridized carbons (Fsp3) is 0.385. The molecule has 0 aliphatic rings.